The van der Waals surface area contributed by atoms with Gasteiger partial charge in [-0.25, -0.2) is 9.67 Å². The van der Waals surface area contributed by atoms with Gasteiger partial charge in [-0.2, -0.15) is 5.10 Å². The van der Waals surface area contributed by atoms with Crippen LogP contribution in [-0.4, -0.2) is 57.9 Å². The van der Waals surface area contributed by atoms with Gasteiger partial charge >= 0.3 is 0 Å². The van der Waals surface area contributed by atoms with E-state index < -0.39 is 13.7 Å². The first-order chi connectivity index (χ1) is 16.1. The number of rotatable bonds is 8. The van der Waals surface area contributed by atoms with Gasteiger partial charge in [0.2, 0.25) is 0 Å². The number of aromatic nitrogens is 4. The molecule has 7 nitrogen and oxygen atoms in total. The highest BCUT2D eigenvalue weighted by Gasteiger charge is 2.20. The molecule has 0 bridgehead atoms. The zero-order valence-corrected chi connectivity index (χ0v) is 22.0. The molecule has 3 aromatic rings. The normalized spacial score (nSPS) is 16.7. The number of hydrogen-bond donors (Lipinski definition) is 1. The summed E-state index contributed by atoms with van der Waals surface area (Å²) in [4.78, 5) is 4.55. The zero-order chi connectivity index (χ0) is 24.3. The Kier molecular flexibility index (Phi) is 7.29. The van der Waals surface area contributed by atoms with Crippen LogP contribution in [0.4, 0.5) is 0 Å². The van der Waals surface area contributed by atoms with Crippen LogP contribution in [0.3, 0.4) is 0 Å². The lowest BCUT2D eigenvalue weighted by Gasteiger charge is -2.15. The van der Waals surface area contributed by atoms with Crippen molar-refractivity contribution in [2.75, 3.05) is 19.8 Å². The van der Waals surface area contributed by atoms with Gasteiger partial charge in [0, 0.05) is 62.7 Å². The second kappa shape index (κ2) is 10.0. The average Bonchev–Trinajstić information content (AvgIpc) is 3.49. The Labute approximate surface area is 203 Å². The first kappa shape index (κ1) is 24.7. The molecule has 1 unspecified atom stereocenters. The van der Waals surface area contributed by atoms with Crippen molar-refractivity contribution >= 4 is 19.0 Å². The summed E-state index contributed by atoms with van der Waals surface area (Å²) < 4.78 is 15.6. The lowest BCUT2D eigenvalue weighted by molar-refractivity contribution is 0.0786. The van der Waals surface area contributed by atoms with Crippen molar-refractivity contribution in [3.63, 3.8) is 0 Å². The number of ether oxygens (including phenoxy) is 2. The highest BCUT2D eigenvalue weighted by atomic mass is 28.3. The van der Waals surface area contributed by atoms with E-state index in [1.165, 1.54) is 0 Å². The third-order valence-corrected chi connectivity index (χ3v) is 7.61. The monoisotopic (exact) mass is 480 g/mol. The average molecular weight is 481 g/mol. The van der Waals surface area contributed by atoms with E-state index in [1.807, 2.05) is 29.3 Å². The largest absolute Gasteiger partial charge is 0.381 e. The highest BCUT2D eigenvalue weighted by Crippen LogP contribution is 2.32. The highest BCUT2D eigenvalue weighted by molar-refractivity contribution is 6.76. The zero-order valence-electron chi connectivity index (χ0n) is 21.0. The van der Waals surface area contributed by atoms with Crippen LogP contribution in [0.2, 0.25) is 25.7 Å². The number of pyridine rings is 1. The van der Waals surface area contributed by atoms with Crippen molar-refractivity contribution in [2.45, 2.75) is 64.8 Å². The Bertz CT molecular complexity index is 1180. The quantitative estimate of drug-likeness (QED) is 0.294. The van der Waals surface area contributed by atoms with E-state index in [2.05, 4.69) is 52.3 Å². The molecular weight excluding hydrogens is 444 g/mol. The molecule has 0 aromatic carbocycles. The molecule has 34 heavy (non-hydrogen) atoms. The molecule has 0 saturated carbocycles. The molecule has 0 radical (unpaired) electrons. The number of aliphatic hydroxyl groups is 1. The summed E-state index contributed by atoms with van der Waals surface area (Å²) in [6, 6.07) is 3.15. The predicted molar refractivity (Wildman–Crippen MR) is 137 cm³/mol. The van der Waals surface area contributed by atoms with Crippen LogP contribution >= 0.6 is 0 Å². The number of fused-ring (bicyclic) bond motifs is 1. The Morgan fingerprint density at radius 1 is 1.26 bits per heavy atom. The minimum absolute atomic E-state index is 0.451. The lowest BCUT2D eigenvalue weighted by atomic mass is 10.1. The van der Waals surface area contributed by atoms with E-state index in [-0.39, 0.29) is 0 Å². The van der Waals surface area contributed by atoms with Crippen molar-refractivity contribution in [2.24, 2.45) is 5.92 Å². The minimum atomic E-state index is -1.11. The molecule has 1 fully saturated rings. The first-order valence-electron chi connectivity index (χ1n) is 12.0. The maximum Gasteiger partial charge on any atom is 0.139 e. The molecule has 8 heteroatoms. The van der Waals surface area contributed by atoms with Gasteiger partial charge < -0.3 is 19.1 Å². The molecule has 4 heterocycles. The van der Waals surface area contributed by atoms with Crippen LogP contribution in [0.5, 0.6) is 0 Å². The molecule has 182 valence electrons. The number of hydrogen-bond acceptors (Lipinski definition) is 5. The van der Waals surface area contributed by atoms with Crippen molar-refractivity contribution in [1.82, 2.24) is 19.3 Å². The van der Waals surface area contributed by atoms with E-state index in [0.717, 1.165) is 60.9 Å². The minimum Gasteiger partial charge on any atom is -0.381 e. The first-order valence-corrected chi connectivity index (χ1v) is 15.7. The Balaban J connectivity index is 1.62. The third-order valence-electron chi connectivity index (χ3n) is 5.91. The summed E-state index contributed by atoms with van der Waals surface area (Å²) in [6.07, 6.45) is 9.07. The van der Waals surface area contributed by atoms with Gasteiger partial charge in [-0.3, -0.25) is 0 Å². The fourth-order valence-corrected chi connectivity index (χ4v) is 4.73. The second-order valence-corrected chi connectivity index (χ2v) is 16.6. The summed E-state index contributed by atoms with van der Waals surface area (Å²) >= 11 is 0. The molecule has 4 rings (SSSR count). The molecule has 1 atom stereocenters. The van der Waals surface area contributed by atoms with Crippen LogP contribution in [0, 0.1) is 17.8 Å². The van der Waals surface area contributed by atoms with Crippen molar-refractivity contribution < 1.29 is 14.6 Å². The van der Waals surface area contributed by atoms with Gasteiger partial charge in [0.05, 0.1) is 24.5 Å². The summed E-state index contributed by atoms with van der Waals surface area (Å²) in [7, 11) is -1.11. The van der Waals surface area contributed by atoms with Crippen LogP contribution in [0.1, 0.15) is 26.0 Å². The van der Waals surface area contributed by atoms with Crippen LogP contribution in [0.25, 0.3) is 22.0 Å². The van der Waals surface area contributed by atoms with E-state index in [4.69, 9.17) is 9.47 Å². The van der Waals surface area contributed by atoms with Gasteiger partial charge in [-0.1, -0.05) is 25.6 Å². The molecule has 1 aliphatic rings. The fraction of sp³-hybridized carbons (Fsp3) is 0.538. The molecule has 1 N–H and O–H groups in total. The Morgan fingerprint density at radius 3 is 2.79 bits per heavy atom. The maximum atomic E-state index is 9.99. The van der Waals surface area contributed by atoms with Crippen LogP contribution in [0.15, 0.2) is 30.9 Å². The fourth-order valence-electron chi connectivity index (χ4n) is 3.97. The van der Waals surface area contributed by atoms with E-state index in [1.54, 1.807) is 13.8 Å². The summed E-state index contributed by atoms with van der Waals surface area (Å²) in [6.45, 7) is 14.1. The maximum absolute atomic E-state index is 9.99. The second-order valence-electron chi connectivity index (χ2n) is 10.9. The Morgan fingerprint density at radius 2 is 2.09 bits per heavy atom. The summed E-state index contributed by atoms with van der Waals surface area (Å²) in [5.41, 5.74) is 2.77. The number of nitrogens with zero attached hydrogens (tertiary/aromatic N) is 4. The van der Waals surface area contributed by atoms with Gasteiger partial charge in [0.1, 0.15) is 18.0 Å². The smallest absolute Gasteiger partial charge is 0.139 e. The summed E-state index contributed by atoms with van der Waals surface area (Å²) in [5, 5.41) is 15.6. The Hall–Kier alpha value is -2.44. The topological polar surface area (TPSA) is 74.3 Å². The SMILES string of the molecule is CC(C)(O)C#Cc1cc2c(-c3cnn(COCC[Si](C)(C)C)c3)cn(CC3CCOC3)c2cn1. The van der Waals surface area contributed by atoms with Gasteiger partial charge in [-0.05, 0) is 38.3 Å². The van der Waals surface area contributed by atoms with Gasteiger partial charge in [0.15, 0.2) is 0 Å². The molecule has 1 aliphatic heterocycles. The predicted octanol–water partition coefficient (Wildman–Crippen LogP) is 4.37. The molecule has 3 aromatic heterocycles. The molecule has 0 spiro atoms. The van der Waals surface area contributed by atoms with Crippen molar-refractivity contribution in [3.8, 4) is 23.0 Å². The van der Waals surface area contributed by atoms with E-state index in [0.29, 0.717) is 18.3 Å². The molecule has 1 saturated heterocycles. The van der Waals surface area contributed by atoms with Crippen LogP contribution < -0.4 is 0 Å². The van der Waals surface area contributed by atoms with Gasteiger partial charge in [-0.15, -0.1) is 0 Å². The molecular formula is C26H36N4O3Si. The summed E-state index contributed by atoms with van der Waals surface area (Å²) in [5.74, 6) is 6.37. The van der Waals surface area contributed by atoms with Crippen molar-refractivity contribution in [3.05, 3.63) is 36.5 Å². The molecule has 0 amide bonds. The van der Waals surface area contributed by atoms with E-state index >= 15 is 0 Å². The lowest BCUT2D eigenvalue weighted by Crippen LogP contribution is -2.22. The van der Waals surface area contributed by atoms with Crippen molar-refractivity contribution in [1.29, 1.82) is 0 Å². The van der Waals surface area contributed by atoms with E-state index in [9.17, 15) is 5.11 Å². The molecule has 0 aliphatic carbocycles. The third kappa shape index (κ3) is 6.57. The van der Waals surface area contributed by atoms with Crippen LogP contribution in [-0.2, 0) is 22.7 Å². The van der Waals surface area contributed by atoms with Gasteiger partial charge in [0.25, 0.3) is 0 Å². The standard InChI is InChI=1S/C26H36N4O3Si/c1-26(2,31)8-6-22-12-23-24(17-29(25(23)14-27-22)15-20-7-9-32-18-20)21-13-28-30(16-21)19-33-10-11-34(3,4)5/h12-14,16-17,20,31H,7,9-11,15,18-19H2,1-5H3.